The molecule has 8 nitrogen and oxygen atoms in total. The van der Waals surface area contributed by atoms with Crippen LogP contribution in [0.25, 0.3) is 0 Å². The highest BCUT2D eigenvalue weighted by atomic mass is 16.6. The molecule has 0 saturated heterocycles. The van der Waals surface area contributed by atoms with Gasteiger partial charge >= 0.3 is 6.09 Å². The third-order valence-electron chi connectivity index (χ3n) is 4.46. The van der Waals surface area contributed by atoms with E-state index in [1.807, 2.05) is 36.4 Å². The van der Waals surface area contributed by atoms with Gasteiger partial charge in [0.15, 0.2) is 0 Å². The SMILES string of the molecule is CN(C(=O)OC(C)(C)C)c1cc(Oc2cccc(OCc3ccccc3)c2)ccc1[N+](=O)[O-]. The van der Waals surface area contributed by atoms with Crippen LogP contribution in [0.3, 0.4) is 0 Å². The predicted molar refractivity (Wildman–Crippen MR) is 125 cm³/mol. The Kier molecular flexibility index (Phi) is 7.17. The summed E-state index contributed by atoms with van der Waals surface area (Å²) in [6, 6.07) is 21.0. The third kappa shape index (κ3) is 6.70. The number of rotatable bonds is 7. The maximum atomic E-state index is 12.5. The second-order valence-corrected chi connectivity index (χ2v) is 8.30. The van der Waals surface area contributed by atoms with Gasteiger partial charge in [0.2, 0.25) is 0 Å². The van der Waals surface area contributed by atoms with Crippen molar-refractivity contribution < 1.29 is 23.9 Å². The highest BCUT2D eigenvalue weighted by Gasteiger charge is 2.26. The van der Waals surface area contributed by atoms with E-state index in [-0.39, 0.29) is 11.4 Å². The zero-order valence-corrected chi connectivity index (χ0v) is 19.0. The molecule has 0 unspecified atom stereocenters. The molecule has 0 radical (unpaired) electrons. The van der Waals surface area contributed by atoms with Gasteiger partial charge in [-0.05, 0) is 44.5 Å². The molecule has 0 bridgehead atoms. The van der Waals surface area contributed by atoms with Crippen LogP contribution in [0, 0.1) is 10.1 Å². The van der Waals surface area contributed by atoms with Crippen molar-refractivity contribution in [2.75, 3.05) is 11.9 Å². The van der Waals surface area contributed by atoms with E-state index in [9.17, 15) is 14.9 Å². The van der Waals surface area contributed by atoms with E-state index in [0.29, 0.717) is 23.9 Å². The van der Waals surface area contributed by atoms with Crippen molar-refractivity contribution in [3.63, 3.8) is 0 Å². The van der Waals surface area contributed by atoms with E-state index in [0.717, 1.165) is 10.5 Å². The van der Waals surface area contributed by atoms with Gasteiger partial charge in [0, 0.05) is 25.2 Å². The molecular weight excluding hydrogens is 424 g/mol. The fourth-order valence-electron chi connectivity index (χ4n) is 2.92. The number of hydrogen-bond donors (Lipinski definition) is 0. The van der Waals surface area contributed by atoms with E-state index in [2.05, 4.69) is 0 Å². The van der Waals surface area contributed by atoms with Crippen LogP contribution in [0.5, 0.6) is 17.2 Å². The molecule has 33 heavy (non-hydrogen) atoms. The molecule has 0 aliphatic heterocycles. The van der Waals surface area contributed by atoms with Crippen LogP contribution in [0.2, 0.25) is 0 Å². The summed E-state index contributed by atoms with van der Waals surface area (Å²) in [6.07, 6.45) is -0.709. The number of benzene rings is 3. The molecule has 0 aliphatic rings. The first-order chi connectivity index (χ1) is 15.6. The summed E-state index contributed by atoms with van der Waals surface area (Å²) in [5, 5.41) is 11.5. The van der Waals surface area contributed by atoms with Crippen LogP contribution in [0.4, 0.5) is 16.2 Å². The second-order valence-electron chi connectivity index (χ2n) is 8.30. The highest BCUT2D eigenvalue weighted by molar-refractivity contribution is 5.90. The van der Waals surface area contributed by atoms with Crippen LogP contribution in [-0.2, 0) is 11.3 Å². The van der Waals surface area contributed by atoms with Gasteiger partial charge in [-0.2, -0.15) is 0 Å². The summed E-state index contributed by atoms with van der Waals surface area (Å²) >= 11 is 0. The first kappa shape index (κ1) is 23.6. The van der Waals surface area contributed by atoms with Crippen LogP contribution in [-0.4, -0.2) is 23.7 Å². The lowest BCUT2D eigenvalue weighted by atomic mass is 10.2. The summed E-state index contributed by atoms with van der Waals surface area (Å²) in [4.78, 5) is 24.5. The molecule has 0 N–H and O–H groups in total. The first-order valence-electron chi connectivity index (χ1n) is 10.3. The molecule has 0 heterocycles. The number of carbonyl (C=O) groups is 1. The van der Waals surface area contributed by atoms with Crippen LogP contribution in [0.15, 0.2) is 72.8 Å². The van der Waals surface area contributed by atoms with Crippen LogP contribution >= 0.6 is 0 Å². The van der Waals surface area contributed by atoms with Gasteiger partial charge in [-0.15, -0.1) is 0 Å². The lowest BCUT2D eigenvalue weighted by Crippen LogP contribution is -2.34. The predicted octanol–water partition coefficient (Wildman–Crippen LogP) is 6.34. The molecule has 1 amide bonds. The minimum Gasteiger partial charge on any atom is -0.489 e. The Balaban J connectivity index is 1.79. The minimum atomic E-state index is -0.742. The fourth-order valence-corrected chi connectivity index (χ4v) is 2.92. The van der Waals surface area contributed by atoms with Gasteiger partial charge in [0.1, 0.15) is 35.1 Å². The third-order valence-corrected chi connectivity index (χ3v) is 4.46. The monoisotopic (exact) mass is 450 g/mol. The normalized spacial score (nSPS) is 10.9. The molecule has 0 aromatic heterocycles. The van der Waals surface area contributed by atoms with E-state index >= 15 is 0 Å². The molecule has 0 aliphatic carbocycles. The Morgan fingerprint density at radius 3 is 2.27 bits per heavy atom. The summed E-state index contributed by atoms with van der Waals surface area (Å²) in [5.74, 6) is 1.43. The maximum absolute atomic E-state index is 12.5. The number of anilines is 1. The standard InChI is InChI=1S/C25H26N2O6/c1-25(2,3)33-24(28)26(4)23-16-21(13-14-22(23)27(29)30)32-20-12-8-11-19(15-20)31-17-18-9-6-5-7-10-18/h5-16H,17H2,1-4H3. The van der Waals surface area contributed by atoms with E-state index in [4.69, 9.17) is 14.2 Å². The topological polar surface area (TPSA) is 91.1 Å². The number of nitrogens with zero attached hydrogens (tertiary/aromatic N) is 2. The van der Waals surface area contributed by atoms with Crippen molar-refractivity contribution in [2.24, 2.45) is 0 Å². The molecule has 3 rings (SSSR count). The van der Waals surface area contributed by atoms with Gasteiger partial charge in [-0.1, -0.05) is 36.4 Å². The molecule has 0 saturated carbocycles. The molecule has 3 aromatic carbocycles. The summed E-state index contributed by atoms with van der Waals surface area (Å²) in [7, 11) is 1.41. The summed E-state index contributed by atoms with van der Waals surface area (Å²) < 4.78 is 17.1. The highest BCUT2D eigenvalue weighted by Crippen LogP contribution is 2.35. The van der Waals surface area contributed by atoms with Gasteiger partial charge in [-0.3, -0.25) is 15.0 Å². The fraction of sp³-hybridized carbons (Fsp3) is 0.240. The number of nitro benzene ring substituents is 1. The zero-order valence-electron chi connectivity index (χ0n) is 19.0. The van der Waals surface area contributed by atoms with E-state index in [1.54, 1.807) is 39.0 Å². The second kappa shape index (κ2) is 10.0. The van der Waals surface area contributed by atoms with Crippen molar-refractivity contribution in [1.82, 2.24) is 0 Å². The van der Waals surface area contributed by atoms with Crippen LogP contribution < -0.4 is 14.4 Å². The summed E-state index contributed by atoms with van der Waals surface area (Å²) in [6.45, 7) is 5.57. The van der Waals surface area contributed by atoms with Crippen molar-refractivity contribution >= 4 is 17.5 Å². The molecule has 3 aromatic rings. The van der Waals surface area contributed by atoms with E-state index < -0.39 is 16.6 Å². The molecule has 172 valence electrons. The lowest BCUT2D eigenvalue weighted by molar-refractivity contribution is -0.384. The Morgan fingerprint density at radius 1 is 0.939 bits per heavy atom. The smallest absolute Gasteiger partial charge is 0.414 e. The minimum absolute atomic E-state index is 0.0585. The van der Waals surface area contributed by atoms with E-state index in [1.165, 1.54) is 25.2 Å². The molecule has 0 spiro atoms. The zero-order chi connectivity index (χ0) is 24.0. The number of hydrogen-bond acceptors (Lipinski definition) is 6. The largest absolute Gasteiger partial charge is 0.489 e. The van der Waals surface area contributed by atoms with Crippen molar-refractivity contribution in [2.45, 2.75) is 33.0 Å². The molecular formula is C25H26N2O6. The Morgan fingerprint density at radius 2 is 1.61 bits per heavy atom. The van der Waals surface area contributed by atoms with Crippen molar-refractivity contribution in [1.29, 1.82) is 0 Å². The quantitative estimate of drug-likeness (QED) is 0.308. The van der Waals surface area contributed by atoms with Crippen LogP contribution in [0.1, 0.15) is 26.3 Å². The summed E-state index contributed by atoms with van der Waals surface area (Å²) in [5.41, 5.74) is 0.113. The molecule has 0 atom stereocenters. The number of amides is 1. The lowest BCUT2D eigenvalue weighted by Gasteiger charge is -2.24. The average molecular weight is 450 g/mol. The Labute approximate surface area is 192 Å². The number of carbonyl (C=O) groups excluding carboxylic acids is 1. The average Bonchev–Trinajstić information content (AvgIpc) is 2.77. The van der Waals surface area contributed by atoms with Gasteiger partial charge < -0.3 is 14.2 Å². The van der Waals surface area contributed by atoms with Gasteiger partial charge in [0.05, 0.1) is 4.92 Å². The maximum Gasteiger partial charge on any atom is 0.414 e. The van der Waals surface area contributed by atoms with Gasteiger partial charge in [0.25, 0.3) is 5.69 Å². The Bertz CT molecular complexity index is 1130. The first-order valence-corrected chi connectivity index (χ1v) is 10.3. The van der Waals surface area contributed by atoms with Gasteiger partial charge in [-0.25, -0.2) is 4.79 Å². The number of ether oxygens (including phenoxy) is 3. The molecule has 0 fully saturated rings. The number of nitro groups is 1. The molecule has 8 heteroatoms. The van der Waals surface area contributed by atoms with Crippen molar-refractivity contribution in [3.05, 3.63) is 88.5 Å². The van der Waals surface area contributed by atoms with Crippen molar-refractivity contribution in [3.8, 4) is 17.2 Å². The Hall–Kier alpha value is -4.07.